The van der Waals surface area contributed by atoms with Gasteiger partial charge in [-0.1, -0.05) is 13.8 Å². The molecule has 0 radical (unpaired) electrons. The molecule has 0 aliphatic heterocycles. The van der Waals surface area contributed by atoms with Crippen molar-refractivity contribution in [1.82, 2.24) is 0 Å². The summed E-state index contributed by atoms with van der Waals surface area (Å²) in [6.07, 6.45) is 3.14. The molecule has 0 aromatic heterocycles. The summed E-state index contributed by atoms with van der Waals surface area (Å²) in [6.45, 7) is 3.85. The molecular formula is C14H20N2O3S. The molecular weight excluding hydrogens is 276 g/mol. The number of carbonyl (C=O) groups is 1. The standard InChI is InChI=1S/C14H20N2O3S/c1-3-9-7-12(20(15,18)19)8-10(4-2)13(9)16-14(17)11-5-6-11/h7-8,11H,3-6H2,1-2H3,(H,16,17)(H2,15,18,19). The van der Waals surface area contributed by atoms with Crippen molar-refractivity contribution in [3.8, 4) is 0 Å². The number of amides is 1. The molecule has 1 fully saturated rings. The highest BCUT2D eigenvalue weighted by Crippen LogP contribution is 2.32. The summed E-state index contributed by atoms with van der Waals surface area (Å²) >= 11 is 0. The van der Waals surface area contributed by atoms with Gasteiger partial charge in [-0.05, 0) is 48.9 Å². The Hall–Kier alpha value is -1.40. The van der Waals surface area contributed by atoms with Gasteiger partial charge in [0.2, 0.25) is 15.9 Å². The fourth-order valence-corrected chi connectivity index (χ4v) is 2.80. The fourth-order valence-electron chi connectivity index (χ4n) is 2.19. The lowest BCUT2D eigenvalue weighted by molar-refractivity contribution is -0.117. The van der Waals surface area contributed by atoms with Crippen molar-refractivity contribution in [3.05, 3.63) is 23.3 Å². The van der Waals surface area contributed by atoms with Gasteiger partial charge in [0.25, 0.3) is 0 Å². The molecule has 1 aromatic rings. The smallest absolute Gasteiger partial charge is 0.238 e. The van der Waals surface area contributed by atoms with E-state index in [1.165, 1.54) is 0 Å². The third-order valence-electron chi connectivity index (χ3n) is 3.56. The van der Waals surface area contributed by atoms with Gasteiger partial charge in [-0.3, -0.25) is 4.79 Å². The number of nitrogens with one attached hydrogen (secondary N) is 1. The minimum absolute atomic E-state index is 0.0257. The number of aryl methyl sites for hydroxylation is 2. The molecule has 1 amide bonds. The van der Waals surface area contributed by atoms with Gasteiger partial charge < -0.3 is 5.32 Å². The van der Waals surface area contributed by atoms with Gasteiger partial charge in [0.1, 0.15) is 0 Å². The molecule has 1 aromatic carbocycles. The Morgan fingerprint density at radius 3 is 2.10 bits per heavy atom. The molecule has 0 spiro atoms. The molecule has 1 aliphatic rings. The second kappa shape index (κ2) is 5.54. The van der Waals surface area contributed by atoms with Gasteiger partial charge in [-0.25, -0.2) is 13.6 Å². The van der Waals surface area contributed by atoms with Crippen LogP contribution in [-0.2, 0) is 27.7 Å². The monoisotopic (exact) mass is 296 g/mol. The van der Waals surface area contributed by atoms with E-state index in [1.54, 1.807) is 12.1 Å². The predicted octanol–water partition coefficient (Wildman–Crippen LogP) is 1.81. The van der Waals surface area contributed by atoms with Crippen molar-refractivity contribution in [3.63, 3.8) is 0 Å². The number of hydrogen-bond donors (Lipinski definition) is 2. The fraction of sp³-hybridized carbons (Fsp3) is 0.500. The summed E-state index contributed by atoms with van der Waals surface area (Å²) in [5.41, 5.74) is 2.36. The highest BCUT2D eigenvalue weighted by Gasteiger charge is 2.30. The zero-order valence-corrected chi connectivity index (χ0v) is 12.6. The van der Waals surface area contributed by atoms with E-state index < -0.39 is 10.0 Å². The topological polar surface area (TPSA) is 89.3 Å². The van der Waals surface area contributed by atoms with E-state index in [9.17, 15) is 13.2 Å². The summed E-state index contributed by atoms with van der Waals surface area (Å²) in [4.78, 5) is 12.0. The molecule has 0 bridgehead atoms. The first-order valence-corrected chi connectivity index (χ1v) is 8.40. The Labute approximate surface area is 119 Å². The lowest BCUT2D eigenvalue weighted by Crippen LogP contribution is -2.18. The van der Waals surface area contributed by atoms with Gasteiger partial charge in [-0.15, -0.1) is 0 Å². The van der Waals surface area contributed by atoms with E-state index >= 15 is 0 Å². The van der Waals surface area contributed by atoms with E-state index in [4.69, 9.17) is 5.14 Å². The van der Waals surface area contributed by atoms with Crippen molar-refractivity contribution in [1.29, 1.82) is 0 Å². The number of benzene rings is 1. The van der Waals surface area contributed by atoms with Gasteiger partial charge in [0, 0.05) is 11.6 Å². The number of sulfonamides is 1. The first kappa shape index (κ1) is 15.0. The zero-order chi connectivity index (χ0) is 14.9. The summed E-state index contributed by atoms with van der Waals surface area (Å²) in [5, 5.41) is 8.15. The number of anilines is 1. The quantitative estimate of drug-likeness (QED) is 0.868. The molecule has 0 atom stereocenters. The third kappa shape index (κ3) is 3.19. The molecule has 20 heavy (non-hydrogen) atoms. The molecule has 1 saturated carbocycles. The predicted molar refractivity (Wildman–Crippen MR) is 77.9 cm³/mol. The molecule has 0 heterocycles. The normalized spacial score (nSPS) is 15.2. The highest BCUT2D eigenvalue weighted by molar-refractivity contribution is 7.89. The van der Waals surface area contributed by atoms with Gasteiger partial charge in [0.05, 0.1) is 4.90 Å². The van der Waals surface area contributed by atoms with E-state index in [2.05, 4.69) is 5.32 Å². The van der Waals surface area contributed by atoms with E-state index in [1.807, 2.05) is 13.8 Å². The highest BCUT2D eigenvalue weighted by atomic mass is 32.2. The summed E-state index contributed by atoms with van der Waals surface area (Å²) < 4.78 is 23.0. The lowest BCUT2D eigenvalue weighted by Gasteiger charge is -2.16. The Morgan fingerprint density at radius 2 is 1.75 bits per heavy atom. The minimum Gasteiger partial charge on any atom is -0.325 e. The molecule has 2 rings (SSSR count). The van der Waals surface area contributed by atoms with Gasteiger partial charge in [0.15, 0.2) is 0 Å². The van der Waals surface area contributed by atoms with E-state index in [-0.39, 0.29) is 16.7 Å². The average Bonchev–Trinajstić information content (AvgIpc) is 3.21. The van der Waals surface area contributed by atoms with Crippen LogP contribution in [0.15, 0.2) is 17.0 Å². The van der Waals surface area contributed by atoms with Gasteiger partial charge in [-0.2, -0.15) is 0 Å². The van der Waals surface area contributed by atoms with E-state index in [0.717, 1.165) is 29.7 Å². The van der Waals surface area contributed by atoms with Crippen LogP contribution in [0.1, 0.15) is 37.8 Å². The first-order valence-electron chi connectivity index (χ1n) is 6.86. The average molecular weight is 296 g/mol. The Kier molecular flexibility index (Phi) is 4.15. The summed E-state index contributed by atoms with van der Waals surface area (Å²) in [5.74, 6) is 0.139. The Bertz CT molecular complexity index is 609. The maximum atomic E-state index is 11.9. The molecule has 0 saturated heterocycles. The molecule has 3 N–H and O–H groups in total. The second-order valence-corrected chi connectivity index (χ2v) is 6.69. The Morgan fingerprint density at radius 1 is 1.25 bits per heavy atom. The molecule has 0 unspecified atom stereocenters. The number of rotatable bonds is 5. The molecule has 6 heteroatoms. The van der Waals surface area contributed by atoms with Crippen LogP contribution in [-0.4, -0.2) is 14.3 Å². The van der Waals surface area contributed by atoms with Crippen LogP contribution < -0.4 is 10.5 Å². The largest absolute Gasteiger partial charge is 0.325 e. The van der Waals surface area contributed by atoms with Crippen LogP contribution in [0.4, 0.5) is 5.69 Å². The van der Waals surface area contributed by atoms with Crippen LogP contribution in [0, 0.1) is 5.92 Å². The van der Waals surface area contributed by atoms with Crippen LogP contribution in [0.3, 0.4) is 0 Å². The summed E-state index contributed by atoms with van der Waals surface area (Å²) in [6, 6.07) is 3.11. The minimum atomic E-state index is -3.73. The third-order valence-corrected chi connectivity index (χ3v) is 4.45. The van der Waals surface area contributed by atoms with Crippen molar-refractivity contribution in [2.75, 3.05) is 5.32 Å². The van der Waals surface area contributed by atoms with Crippen LogP contribution in [0.5, 0.6) is 0 Å². The maximum absolute atomic E-state index is 11.9. The van der Waals surface area contributed by atoms with E-state index in [0.29, 0.717) is 12.8 Å². The SMILES string of the molecule is CCc1cc(S(N)(=O)=O)cc(CC)c1NC(=O)C1CC1. The first-order chi connectivity index (χ1) is 9.36. The zero-order valence-electron chi connectivity index (χ0n) is 11.8. The maximum Gasteiger partial charge on any atom is 0.238 e. The number of carbonyl (C=O) groups excluding carboxylic acids is 1. The van der Waals surface area contributed by atoms with Crippen molar-refractivity contribution < 1.29 is 13.2 Å². The van der Waals surface area contributed by atoms with Crippen molar-refractivity contribution >= 4 is 21.6 Å². The van der Waals surface area contributed by atoms with Crippen molar-refractivity contribution in [2.24, 2.45) is 11.1 Å². The van der Waals surface area contributed by atoms with Crippen LogP contribution in [0.25, 0.3) is 0 Å². The number of primary sulfonamides is 1. The number of nitrogens with two attached hydrogens (primary N) is 1. The number of hydrogen-bond acceptors (Lipinski definition) is 3. The lowest BCUT2D eigenvalue weighted by atomic mass is 10.0. The Balaban J connectivity index is 2.46. The summed E-state index contributed by atoms with van der Waals surface area (Å²) in [7, 11) is -3.73. The molecule has 5 nitrogen and oxygen atoms in total. The second-order valence-electron chi connectivity index (χ2n) is 5.13. The molecule has 110 valence electrons. The van der Waals surface area contributed by atoms with Gasteiger partial charge >= 0.3 is 0 Å². The van der Waals surface area contributed by atoms with Crippen LogP contribution in [0.2, 0.25) is 0 Å². The van der Waals surface area contributed by atoms with Crippen LogP contribution >= 0.6 is 0 Å². The molecule has 1 aliphatic carbocycles. The van der Waals surface area contributed by atoms with Crippen molar-refractivity contribution in [2.45, 2.75) is 44.4 Å².